The molecule has 18 heavy (non-hydrogen) atoms. The molecule has 2 aromatic rings. The summed E-state index contributed by atoms with van der Waals surface area (Å²) in [4.78, 5) is 9.22. The molecule has 0 aromatic carbocycles. The van der Waals surface area contributed by atoms with Gasteiger partial charge in [0.05, 0.1) is 22.0 Å². The molecule has 1 aliphatic rings. The molecule has 5 heteroatoms. The zero-order valence-corrected chi connectivity index (χ0v) is 11.9. The van der Waals surface area contributed by atoms with Crippen LogP contribution < -0.4 is 5.32 Å². The second kappa shape index (κ2) is 4.39. The molecule has 0 atom stereocenters. The van der Waals surface area contributed by atoms with Crippen molar-refractivity contribution in [3.8, 4) is 11.4 Å². The minimum absolute atomic E-state index is 0.570. The lowest BCUT2D eigenvalue weighted by Crippen LogP contribution is -2.02. The van der Waals surface area contributed by atoms with Gasteiger partial charge in [-0.2, -0.15) is 0 Å². The van der Waals surface area contributed by atoms with Gasteiger partial charge in [-0.25, -0.2) is 9.97 Å². The van der Waals surface area contributed by atoms with Crippen LogP contribution in [0.1, 0.15) is 30.2 Å². The van der Waals surface area contributed by atoms with E-state index in [1.165, 1.54) is 12.8 Å². The predicted octanol–water partition coefficient (Wildman–Crippen LogP) is 3.73. The highest BCUT2D eigenvalue weighted by atomic mass is 79.9. The van der Waals surface area contributed by atoms with Gasteiger partial charge >= 0.3 is 0 Å². The number of rotatable bonds is 3. The fourth-order valence-electron chi connectivity index (χ4n) is 1.99. The number of furan rings is 1. The summed E-state index contributed by atoms with van der Waals surface area (Å²) in [6, 6.07) is 1.91. The second-order valence-electron chi connectivity index (χ2n) is 4.51. The standard InChI is InChI=1S/C13H14BrN3O/c1-7-9(5-6-18-7)12-16-11(8-3-4-8)10(14)13(15-2)17-12/h5-6,8H,3-4H2,1-2H3,(H,15,16,17). The first-order valence-electron chi connectivity index (χ1n) is 6.00. The van der Waals surface area contributed by atoms with E-state index in [0.717, 1.165) is 33.1 Å². The van der Waals surface area contributed by atoms with E-state index in [-0.39, 0.29) is 0 Å². The van der Waals surface area contributed by atoms with Crippen LogP contribution in [0.25, 0.3) is 11.4 Å². The lowest BCUT2D eigenvalue weighted by Gasteiger charge is -2.10. The Kier molecular flexibility index (Phi) is 2.86. The summed E-state index contributed by atoms with van der Waals surface area (Å²) in [5, 5.41) is 3.11. The van der Waals surface area contributed by atoms with Crippen LogP contribution in [-0.2, 0) is 0 Å². The van der Waals surface area contributed by atoms with E-state index in [2.05, 4.69) is 31.2 Å². The molecule has 2 heterocycles. The first-order valence-corrected chi connectivity index (χ1v) is 6.79. The number of nitrogens with zero attached hydrogens (tertiary/aromatic N) is 2. The molecule has 1 fully saturated rings. The summed E-state index contributed by atoms with van der Waals surface area (Å²) >= 11 is 3.59. The molecule has 94 valence electrons. The average molecular weight is 308 g/mol. The van der Waals surface area contributed by atoms with Gasteiger partial charge in [0.15, 0.2) is 5.82 Å². The van der Waals surface area contributed by atoms with Crippen molar-refractivity contribution < 1.29 is 4.42 Å². The van der Waals surface area contributed by atoms with Crippen molar-refractivity contribution >= 4 is 21.7 Å². The van der Waals surface area contributed by atoms with Crippen LogP contribution in [0, 0.1) is 6.92 Å². The Hall–Kier alpha value is -1.36. The Labute approximate surface area is 114 Å². The Balaban J connectivity index is 2.15. The lowest BCUT2D eigenvalue weighted by molar-refractivity contribution is 0.535. The van der Waals surface area contributed by atoms with Crippen molar-refractivity contribution in [3.63, 3.8) is 0 Å². The molecule has 1 aliphatic carbocycles. The molecule has 2 aromatic heterocycles. The van der Waals surface area contributed by atoms with Crippen LogP contribution in [0.15, 0.2) is 21.2 Å². The summed E-state index contributed by atoms with van der Waals surface area (Å²) in [6.07, 6.45) is 4.09. The van der Waals surface area contributed by atoms with Crippen LogP contribution >= 0.6 is 15.9 Å². The van der Waals surface area contributed by atoms with E-state index in [4.69, 9.17) is 4.42 Å². The van der Waals surface area contributed by atoms with E-state index in [9.17, 15) is 0 Å². The van der Waals surface area contributed by atoms with Crippen molar-refractivity contribution in [1.82, 2.24) is 9.97 Å². The maximum Gasteiger partial charge on any atom is 0.165 e. The van der Waals surface area contributed by atoms with Crippen LogP contribution in [-0.4, -0.2) is 17.0 Å². The molecule has 0 spiro atoms. The molecule has 0 radical (unpaired) electrons. The van der Waals surface area contributed by atoms with Gasteiger partial charge in [-0.05, 0) is 41.8 Å². The van der Waals surface area contributed by atoms with Crippen molar-refractivity contribution in [2.45, 2.75) is 25.7 Å². The fourth-order valence-corrected chi connectivity index (χ4v) is 2.69. The number of hydrogen-bond donors (Lipinski definition) is 1. The summed E-state index contributed by atoms with van der Waals surface area (Å²) in [5.41, 5.74) is 2.06. The molecule has 1 N–H and O–H groups in total. The predicted molar refractivity (Wildman–Crippen MR) is 73.7 cm³/mol. The molecule has 3 rings (SSSR count). The number of nitrogens with one attached hydrogen (secondary N) is 1. The molecular formula is C13H14BrN3O. The quantitative estimate of drug-likeness (QED) is 0.939. The summed E-state index contributed by atoms with van der Waals surface area (Å²) in [6.45, 7) is 1.93. The molecule has 4 nitrogen and oxygen atoms in total. The topological polar surface area (TPSA) is 51.0 Å². The van der Waals surface area contributed by atoms with Gasteiger partial charge in [-0.1, -0.05) is 0 Å². The fraction of sp³-hybridized carbons (Fsp3) is 0.385. The van der Waals surface area contributed by atoms with Crippen LogP contribution in [0.4, 0.5) is 5.82 Å². The summed E-state index contributed by atoms with van der Waals surface area (Å²) in [5.74, 6) is 2.99. The Morgan fingerprint density at radius 1 is 1.39 bits per heavy atom. The molecule has 0 saturated heterocycles. The van der Waals surface area contributed by atoms with Gasteiger partial charge in [0.1, 0.15) is 11.6 Å². The molecular weight excluding hydrogens is 294 g/mol. The highest BCUT2D eigenvalue weighted by Gasteiger charge is 2.29. The van der Waals surface area contributed by atoms with Crippen molar-refractivity contribution in [1.29, 1.82) is 0 Å². The number of halogens is 1. The first kappa shape index (κ1) is 11.7. The molecule has 1 saturated carbocycles. The smallest absolute Gasteiger partial charge is 0.165 e. The number of anilines is 1. The lowest BCUT2D eigenvalue weighted by atomic mass is 10.2. The SMILES string of the molecule is CNc1nc(-c2ccoc2C)nc(C2CC2)c1Br. The van der Waals surface area contributed by atoms with Crippen molar-refractivity contribution in [2.24, 2.45) is 0 Å². The van der Waals surface area contributed by atoms with Crippen LogP contribution in [0.5, 0.6) is 0 Å². The maximum absolute atomic E-state index is 5.33. The molecule has 0 amide bonds. The Morgan fingerprint density at radius 2 is 2.17 bits per heavy atom. The van der Waals surface area contributed by atoms with Gasteiger partial charge < -0.3 is 9.73 Å². The monoisotopic (exact) mass is 307 g/mol. The van der Waals surface area contributed by atoms with Gasteiger partial charge in [0.25, 0.3) is 0 Å². The third-order valence-electron chi connectivity index (χ3n) is 3.18. The minimum Gasteiger partial charge on any atom is -0.469 e. The Bertz CT molecular complexity index is 590. The third-order valence-corrected chi connectivity index (χ3v) is 3.96. The highest BCUT2D eigenvalue weighted by Crippen LogP contribution is 2.44. The zero-order chi connectivity index (χ0) is 12.7. The Morgan fingerprint density at radius 3 is 2.72 bits per heavy atom. The van der Waals surface area contributed by atoms with E-state index < -0.39 is 0 Å². The van der Waals surface area contributed by atoms with E-state index in [1.54, 1.807) is 6.26 Å². The van der Waals surface area contributed by atoms with Crippen molar-refractivity contribution in [3.05, 3.63) is 28.3 Å². The average Bonchev–Trinajstić information content (AvgIpc) is 3.12. The van der Waals surface area contributed by atoms with Gasteiger partial charge in [-0.3, -0.25) is 0 Å². The van der Waals surface area contributed by atoms with E-state index >= 15 is 0 Å². The number of aryl methyl sites for hydroxylation is 1. The first-order chi connectivity index (χ1) is 8.70. The van der Waals surface area contributed by atoms with Crippen LogP contribution in [0.3, 0.4) is 0 Å². The second-order valence-corrected chi connectivity index (χ2v) is 5.30. The summed E-state index contributed by atoms with van der Waals surface area (Å²) in [7, 11) is 1.87. The molecule has 0 unspecified atom stereocenters. The third kappa shape index (κ3) is 1.92. The zero-order valence-electron chi connectivity index (χ0n) is 10.3. The van der Waals surface area contributed by atoms with E-state index in [0.29, 0.717) is 5.92 Å². The van der Waals surface area contributed by atoms with Gasteiger partial charge in [0, 0.05) is 13.0 Å². The number of aromatic nitrogens is 2. The largest absolute Gasteiger partial charge is 0.469 e. The normalized spacial score (nSPS) is 14.8. The van der Waals surface area contributed by atoms with Gasteiger partial charge in [0.2, 0.25) is 0 Å². The van der Waals surface area contributed by atoms with Crippen molar-refractivity contribution in [2.75, 3.05) is 12.4 Å². The number of hydrogen-bond acceptors (Lipinski definition) is 4. The minimum atomic E-state index is 0.570. The highest BCUT2D eigenvalue weighted by molar-refractivity contribution is 9.10. The molecule has 0 bridgehead atoms. The van der Waals surface area contributed by atoms with E-state index in [1.807, 2.05) is 20.0 Å². The molecule has 0 aliphatic heterocycles. The maximum atomic E-state index is 5.33. The van der Waals surface area contributed by atoms with Gasteiger partial charge in [-0.15, -0.1) is 0 Å². The van der Waals surface area contributed by atoms with Crippen LogP contribution in [0.2, 0.25) is 0 Å². The summed E-state index contributed by atoms with van der Waals surface area (Å²) < 4.78 is 6.31.